The zero-order chi connectivity index (χ0) is 17.2. The number of nitrogens with one attached hydrogen (secondary N) is 1. The first-order valence-corrected chi connectivity index (χ1v) is 8.21. The van der Waals surface area contributed by atoms with Crippen molar-refractivity contribution in [2.75, 3.05) is 11.9 Å². The average Bonchev–Trinajstić information content (AvgIpc) is 2.67. The number of carbonyl (C=O) groups is 2. The second-order valence-corrected chi connectivity index (χ2v) is 5.93. The third kappa shape index (κ3) is 2.72. The Hall–Kier alpha value is -3.27. The Morgan fingerprint density at radius 2 is 1.48 bits per heavy atom. The molecule has 1 N–H and O–H groups in total. The number of benzene rings is 2. The molecule has 2 aromatic carbocycles. The molecule has 1 aliphatic rings. The van der Waals surface area contributed by atoms with Crippen LogP contribution in [-0.4, -0.2) is 23.1 Å². The summed E-state index contributed by atoms with van der Waals surface area (Å²) in [7, 11) is 0. The van der Waals surface area contributed by atoms with Gasteiger partial charge < -0.3 is 5.32 Å². The third-order valence-electron chi connectivity index (χ3n) is 4.38. The van der Waals surface area contributed by atoms with Crippen LogP contribution in [0.1, 0.15) is 37.5 Å². The lowest BCUT2D eigenvalue weighted by Gasteiger charge is -2.20. The van der Waals surface area contributed by atoms with Crippen LogP contribution in [0.25, 0.3) is 0 Å². The first-order valence-electron chi connectivity index (χ1n) is 8.21. The molecule has 1 aliphatic carbocycles. The van der Waals surface area contributed by atoms with E-state index in [1.54, 1.807) is 42.6 Å². The number of anilines is 1. The molecule has 0 amide bonds. The smallest absolute Gasteiger partial charge is 0.196 e. The van der Waals surface area contributed by atoms with Gasteiger partial charge in [0.15, 0.2) is 11.6 Å². The summed E-state index contributed by atoms with van der Waals surface area (Å²) in [5, 5.41) is 3.29. The van der Waals surface area contributed by atoms with Crippen molar-refractivity contribution in [2.24, 2.45) is 0 Å². The number of fused-ring (bicyclic) bond motifs is 2. The molecule has 122 valence electrons. The molecule has 4 nitrogen and oxygen atoms in total. The van der Waals surface area contributed by atoms with Crippen LogP contribution in [-0.2, 0) is 6.42 Å². The lowest BCUT2D eigenvalue weighted by atomic mass is 9.83. The van der Waals surface area contributed by atoms with Crippen LogP contribution in [0.15, 0.2) is 66.9 Å². The minimum absolute atomic E-state index is 0.0985. The van der Waals surface area contributed by atoms with Crippen LogP contribution in [0.2, 0.25) is 0 Å². The molecular weight excluding hydrogens is 312 g/mol. The predicted molar refractivity (Wildman–Crippen MR) is 96.2 cm³/mol. The zero-order valence-electron chi connectivity index (χ0n) is 13.5. The summed E-state index contributed by atoms with van der Waals surface area (Å²) in [5.74, 6) is -0.204. The minimum atomic E-state index is -0.105. The van der Waals surface area contributed by atoms with E-state index in [4.69, 9.17) is 0 Å². The molecule has 0 aliphatic heterocycles. The molecule has 0 saturated heterocycles. The van der Waals surface area contributed by atoms with Crippen LogP contribution in [0.4, 0.5) is 5.69 Å². The molecule has 0 bridgehead atoms. The summed E-state index contributed by atoms with van der Waals surface area (Å²) < 4.78 is 0. The van der Waals surface area contributed by atoms with Crippen LogP contribution < -0.4 is 5.32 Å². The van der Waals surface area contributed by atoms with Gasteiger partial charge in [0.05, 0.1) is 5.56 Å². The molecule has 0 atom stereocenters. The summed E-state index contributed by atoms with van der Waals surface area (Å²) in [6.07, 6.45) is 2.50. The Labute approximate surface area is 145 Å². The Morgan fingerprint density at radius 3 is 2.24 bits per heavy atom. The molecule has 25 heavy (non-hydrogen) atoms. The van der Waals surface area contributed by atoms with Crippen LogP contribution in [0, 0.1) is 0 Å². The molecule has 0 unspecified atom stereocenters. The largest absolute Gasteiger partial charge is 0.384 e. The fourth-order valence-corrected chi connectivity index (χ4v) is 3.16. The van der Waals surface area contributed by atoms with E-state index in [1.165, 1.54) is 0 Å². The Morgan fingerprint density at radius 1 is 0.760 bits per heavy atom. The van der Waals surface area contributed by atoms with Crippen molar-refractivity contribution in [2.45, 2.75) is 6.42 Å². The number of hydrogen-bond acceptors (Lipinski definition) is 4. The van der Waals surface area contributed by atoms with Crippen molar-refractivity contribution in [1.29, 1.82) is 0 Å². The lowest BCUT2D eigenvalue weighted by molar-refractivity contribution is 0.0979. The number of carbonyl (C=O) groups excluding carboxylic acids is 2. The van der Waals surface area contributed by atoms with Crippen LogP contribution in [0.3, 0.4) is 0 Å². The summed E-state index contributed by atoms with van der Waals surface area (Å²) in [4.78, 5) is 29.9. The van der Waals surface area contributed by atoms with E-state index in [0.29, 0.717) is 34.5 Å². The van der Waals surface area contributed by atoms with E-state index >= 15 is 0 Å². The van der Waals surface area contributed by atoms with E-state index in [1.807, 2.05) is 24.3 Å². The van der Waals surface area contributed by atoms with Gasteiger partial charge in [-0.05, 0) is 18.2 Å². The molecule has 3 aromatic rings. The Bertz CT molecular complexity index is 965. The van der Waals surface area contributed by atoms with Crippen molar-refractivity contribution < 1.29 is 9.59 Å². The Kier molecular flexibility index (Phi) is 3.86. The van der Waals surface area contributed by atoms with Gasteiger partial charge in [-0.25, -0.2) is 0 Å². The molecular formula is C21H16N2O2. The maximum Gasteiger partial charge on any atom is 0.196 e. The second kappa shape index (κ2) is 6.32. The number of rotatable bonds is 4. The van der Waals surface area contributed by atoms with Gasteiger partial charge in [-0.1, -0.05) is 42.5 Å². The zero-order valence-corrected chi connectivity index (χ0v) is 13.5. The summed E-state index contributed by atoms with van der Waals surface area (Å²) >= 11 is 0. The van der Waals surface area contributed by atoms with Gasteiger partial charge in [0, 0.05) is 47.2 Å². The number of pyridine rings is 1. The number of ketones is 2. The number of hydrogen-bond donors (Lipinski definition) is 1. The highest BCUT2D eigenvalue weighted by Crippen LogP contribution is 2.31. The van der Waals surface area contributed by atoms with Crippen molar-refractivity contribution in [3.63, 3.8) is 0 Å². The minimum Gasteiger partial charge on any atom is -0.384 e. The van der Waals surface area contributed by atoms with Gasteiger partial charge in [0.2, 0.25) is 0 Å². The maximum absolute atomic E-state index is 12.9. The normalized spacial score (nSPS) is 12.5. The molecule has 1 heterocycles. The first kappa shape index (κ1) is 15.3. The van der Waals surface area contributed by atoms with Crippen molar-refractivity contribution in [1.82, 2.24) is 4.98 Å². The van der Waals surface area contributed by atoms with Gasteiger partial charge in [-0.15, -0.1) is 0 Å². The molecule has 4 rings (SSSR count). The first-order chi connectivity index (χ1) is 12.3. The summed E-state index contributed by atoms with van der Waals surface area (Å²) in [6.45, 7) is 0.635. The molecule has 0 fully saturated rings. The highest BCUT2D eigenvalue weighted by atomic mass is 16.1. The maximum atomic E-state index is 12.9. The number of nitrogens with zero attached hydrogens (tertiary/aromatic N) is 1. The van der Waals surface area contributed by atoms with Crippen molar-refractivity contribution in [3.05, 3.63) is 94.8 Å². The second-order valence-electron chi connectivity index (χ2n) is 5.93. The molecule has 0 spiro atoms. The quantitative estimate of drug-likeness (QED) is 0.623. The monoisotopic (exact) mass is 328 g/mol. The van der Waals surface area contributed by atoms with E-state index in [0.717, 1.165) is 12.1 Å². The average molecular weight is 328 g/mol. The molecule has 1 aromatic heterocycles. The summed E-state index contributed by atoms with van der Waals surface area (Å²) in [5.41, 5.74) is 3.55. The third-order valence-corrected chi connectivity index (χ3v) is 4.38. The van der Waals surface area contributed by atoms with Gasteiger partial charge in [0.25, 0.3) is 0 Å². The van der Waals surface area contributed by atoms with Gasteiger partial charge in [0.1, 0.15) is 0 Å². The lowest BCUT2D eigenvalue weighted by Crippen LogP contribution is -2.22. The molecule has 4 heteroatoms. The predicted octanol–water partition coefficient (Wildman–Crippen LogP) is 3.51. The van der Waals surface area contributed by atoms with Crippen LogP contribution >= 0.6 is 0 Å². The van der Waals surface area contributed by atoms with E-state index in [2.05, 4.69) is 10.3 Å². The Balaban J connectivity index is 1.63. The van der Waals surface area contributed by atoms with Crippen molar-refractivity contribution in [3.8, 4) is 0 Å². The van der Waals surface area contributed by atoms with Crippen LogP contribution in [0.5, 0.6) is 0 Å². The standard InChI is InChI=1S/C21H16N2O2/c24-20-15-7-1-2-8-16(15)21(25)19-17(20)9-5-10-18(19)23-13-11-14-6-3-4-12-22-14/h1-10,12,23H,11,13H2. The fraction of sp³-hybridized carbons (Fsp3) is 0.0952. The highest BCUT2D eigenvalue weighted by Gasteiger charge is 2.31. The molecule has 0 radical (unpaired) electrons. The van der Waals surface area contributed by atoms with E-state index < -0.39 is 0 Å². The highest BCUT2D eigenvalue weighted by molar-refractivity contribution is 6.30. The SMILES string of the molecule is O=C1c2ccccc2C(=O)c2c(NCCc3ccccn3)cccc21. The van der Waals surface area contributed by atoms with E-state index in [-0.39, 0.29) is 11.6 Å². The van der Waals surface area contributed by atoms with Gasteiger partial charge >= 0.3 is 0 Å². The van der Waals surface area contributed by atoms with Gasteiger partial charge in [-0.2, -0.15) is 0 Å². The van der Waals surface area contributed by atoms with Crippen molar-refractivity contribution >= 4 is 17.3 Å². The topological polar surface area (TPSA) is 59.1 Å². The number of aromatic nitrogens is 1. The fourth-order valence-electron chi connectivity index (χ4n) is 3.16. The van der Waals surface area contributed by atoms with E-state index in [9.17, 15) is 9.59 Å². The summed E-state index contributed by atoms with van der Waals surface area (Å²) in [6, 6.07) is 18.1. The molecule has 0 saturated carbocycles. The van der Waals surface area contributed by atoms with Gasteiger partial charge in [-0.3, -0.25) is 14.6 Å².